The smallest absolute Gasteiger partial charge is 0.258 e. The van der Waals surface area contributed by atoms with Crippen LogP contribution in [0.1, 0.15) is 17.2 Å². The maximum atomic E-state index is 11.9. The van der Waals surface area contributed by atoms with Crippen LogP contribution in [-0.4, -0.2) is 35.1 Å². The van der Waals surface area contributed by atoms with E-state index in [1.54, 1.807) is 32.2 Å². The van der Waals surface area contributed by atoms with Gasteiger partial charge in [0.15, 0.2) is 6.10 Å². The molecule has 0 bridgehead atoms. The largest absolute Gasteiger partial charge is 0.508 e. The van der Waals surface area contributed by atoms with Crippen molar-refractivity contribution in [1.82, 2.24) is 10.4 Å². The van der Waals surface area contributed by atoms with Crippen LogP contribution in [0.4, 0.5) is 0 Å². The first-order valence-electron chi connectivity index (χ1n) is 6.03. The highest BCUT2D eigenvalue weighted by Gasteiger charge is 2.55. The molecule has 100 valence electrons. The van der Waals surface area contributed by atoms with Gasteiger partial charge in [-0.05, 0) is 24.1 Å². The molecule has 0 radical (unpaired) electrons. The van der Waals surface area contributed by atoms with Crippen molar-refractivity contribution in [2.75, 3.05) is 7.05 Å². The molecule has 2 heterocycles. The number of carbonyl (C=O) groups excluding carboxylic acids is 2. The molecule has 6 nitrogen and oxygen atoms in total. The SMILES string of the molecule is Cc1cc(C2C3C(=O)NC(=O)C3ON2C)ccc1O. The van der Waals surface area contributed by atoms with Crippen LogP contribution in [0.5, 0.6) is 5.75 Å². The third kappa shape index (κ3) is 1.72. The molecule has 3 rings (SSSR count). The van der Waals surface area contributed by atoms with E-state index < -0.39 is 12.0 Å². The lowest BCUT2D eigenvalue weighted by Crippen LogP contribution is -2.31. The molecule has 1 aromatic rings. The van der Waals surface area contributed by atoms with Gasteiger partial charge in [-0.15, -0.1) is 0 Å². The number of phenolic OH excluding ortho intramolecular Hbond substituents is 1. The number of hydrogen-bond acceptors (Lipinski definition) is 5. The van der Waals surface area contributed by atoms with Crippen molar-refractivity contribution in [3.63, 3.8) is 0 Å². The van der Waals surface area contributed by atoms with Gasteiger partial charge in [-0.25, -0.2) is 0 Å². The molecule has 2 amide bonds. The molecular weight excluding hydrogens is 248 g/mol. The summed E-state index contributed by atoms with van der Waals surface area (Å²) in [5.74, 6) is -1.04. The Bertz CT molecular complexity index is 572. The molecule has 19 heavy (non-hydrogen) atoms. The number of nitrogens with one attached hydrogen (secondary N) is 1. The third-order valence-electron chi connectivity index (χ3n) is 3.71. The van der Waals surface area contributed by atoms with Gasteiger partial charge in [0.25, 0.3) is 5.91 Å². The van der Waals surface area contributed by atoms with Gasteiger partial charge in [0, 0.05) is 7.05 Å². The van der Waals surface area contributed by atoms with Gasteiger partial charge in [-0.3, -0.25) is 19.7 Å². The first kappa shape index (κ1) is 12.1. The molecule has 2 saturated heterocycles. The number of benzene rings is 1. The molecule has 2 aliphatic rings. The summed E-state index contributed by atoms with van der Waals surface area (Å²) in [4.78, 5) is 28.9. The van der Waals surface area contributed by atoms with Gasteiger partial charge in [-0.2, -0.15) is 5.06 Å². The molecule has 3 unspecified atom stereocenters. The van der Waals surface area contributed by atoms with Gasteiger partial charge in [-0.1, -0.05) is 12.1 Å². The summed E-state index contributed by atoms with van der Waals surface area (Å²) in [6.45, 7) is 1.78. The standard InChI is InChI=1S/C13H14N2O4/c1-6-5-7(3-4-8(6)16)10-9-11(19-15(10)2)13(18)14-12(9)17/h3-5,9-11,16H,1-2H3,(H,14,17,18). The van der Waals surface area contributed by atoms with Crippen molar-refractivity contribution in [1.29, 1.82) is 0 Å². The molecule has 2 aliphatic heterocycles. The Labute approximate surface area is 109 Å². The van der Waals surface area contributed by atoms with E-state index in [2.05, 4.69) is 5.32 Å². The summed E-state index contributed by atoms with van der Waals surface area (Å²) in [5.41, 5.74) is 1.56. The van der Waals surface area contributed by atoms with E-state index in [1.165, 1.54) is 5.06 Å². The predicted octanol–water partition coefficient (Wildman–Crippen LogP) is 0.260. The van der Waals surface area contributed by atoms with Crippen LogP contribution in [0, 0.1) is 12.8 Å². The molecule has 3 atom stereocenters. The van der Waals surface area contributed by atoms with Crippen molar-refractivity contribution >= 4 is 11.8 Å². The number of nitrogens with zero attached hydrogens (tertiary/aromatic N) is 1. The summed E-state index contributed by atoms with van der Waals surface area (Å²) >= 11 is 0. The number of hydroxylamine groups is 2. The highest BCUT2D eigenvalue weighted by molar-refractivity contribution is 6.07. The topological polar surface area (TPSA) is 78.9 Å². The van der Waals surface area contributed by atoms with E-state index in [9.17, 15) is 14.7 Å². The van der Waals surface area contributed by atoms with E-state index in [1.807, 2.05) is 0 Å². The summed E-state index contributed by atoms with van der Waals surface area (Å²) in [7, 11) is 1.70. The minimum absolute atomic E-state index is 0.203. The lowest BCUT2D eigenvalue weighted by atomic mass is 9.90. The normalized spacial score (nSPS) is 30.5. The average Bonchev–Trinajstić information content (AvgIpc) is 2.82. The number of aryl methyl sites for hydroxylation is 1. The van der Waals surface area contributed by atoms with Gasteiger partial charge >= 0.3 is 0 Å². The maximum Gasteiger partial charge on any atom is 0.258 e. The number of aromatic hydroxyl groups is 1. The summed E-state index contributed by atoms with van der Waals surface area (Å²) in [5, 5.41) is 13.4. The Morgan fingerprint density at radius 2 is 2.05 bits per heavy atom. The summed E-state index contributed by atoms with van der Waals surface area (Å²) < 4.78 is 0. The molecule has 2 N–H and O–H groups in total. The molecular formula is C13H14N2O4. The van der Waals surface area contributed by atoms with Gasteiger partial charge in [0.2, 0.25) is 5.91 Å². The van der Waals surface area contributed by atoms with E-state index in [0.717, 1.165) is 11.1 Å². The molecule has 6 heteroatoms. The number of hydrogen-bond donors (Lipinski definition) is 2. The Kier molecular flexibility index (Phi) is 2.58. The second-order valence-corrected chi connectivity index (χ2v) is 4.94. The van der Waals surface area contributed by atoms with E-state index in [4.69, 9.17) is 4.84 Å². The highest BCUT2D eigenvalue weighted by atomic mass is 16.7. The Morgan fingerprint density at radius 3 is 2.74 bits per heavy atom. The lowest BCUT2D eigenvalue weighted by molar-refractivity contribution is -0.162. The van der Waals surface area contributed by atoms with Crippen LogP contribution in [0.3, 0.4) is 0 Å². The van der Waals surface area contributed by atoms with Gasteiger partial charge in [0.05, 0.1) is 12.0 Å². The Morgan fingerprint density at radius 1 is 1.32 bits per heavy atom. The molecule has 0 spiro atoms. The quantitative estimate of drug-likeness (QED) is 0.710. The first-order chi connectivity index (χ1) is 8.99. The molecule has 2 fully saturated rings. The predicted molar refractivity (Wildman–Crippen MR) is 64.9 cm³/mol. The van der Waals surface area contributed by atoms with Crippen molar-refractivity contribution in [2.24, 2.45) is 5.92 Å². The van der Waals surface area contributed by atoms with Crippen LogP contribution in [0.15, 0.2) is 18.2 Å². The number of imide groups is 1. The minimum Gasteiger partial charge on any atom is -0.508 e. The summed E-state index contributed by atoms with van der Waals surface area (Å²) in [6.07, 6.45) is -0.753. The van der Waals surface area contributed by atoms with E-state index in [0.29, 0.717) is 0 Å². The van der Waals surface area contributed by atoms with Crippen LogP contribution in [-0.2, 0) is 14.4 Å². The minimum atomic E-state index is -0.753. The van der Waals surface area contributed by atoms with Crippen molar-refractivity contribution < 1.29 is 19.5 Å². The summed E-state index contributed by atoms with van der Waals surface area (Å²) in [6, 6.07) is 4.81. The highest BCUT2D eigenvalue weighted by Crippen LogP contribution is 2.41. The molecule has 1 aromatic carbocycles. The number of rotatable bonds is 1. The third-order valence-corrected chi connectivity index (χ3v) is 3.71. The second-order valence-electron chi connectivity index (χ2n) is 4.94. The molecule has 0 aliphatic carbocycles. The zero-order chi connectivity index (χ0) is 13.7. The van der Waals surface area contributed by atoms with Crippen molar-refractivity contribution in [3.05, 3.63) is 29.3 Å². The number of phenols is 1. The lowest BCUT2D eigenvalue weighted by Gasteiger charge is -2.21. The second kappa shape index (κ2) is 4.04. The van der Waals surface area contributed by atoms with Crippen molar-refractivity contribution in [2.45, 2.75) is 19.1 Å². The zero-order valence-corrected chi connectivity index (χ0v) is 10.6. The fourth-order valence-electron chi connectivity index (χ4n) is 2.75. The fourth-order valence-corrected chi connectivity index (χ4v) is 2.75. The van der Waals surface area contributed by atoms with Crippen LogP contribution in [0.25, 0.3) is 0 Å². The molecule has 0 saturated carbocycles. The first-order valence-corrected chi connectivity index (χ1v) is 6.03. The Balaban J connectivity index is 2.01. The average molecular weight is 262 g/mol. The van der Waals surface area contributed by atoms with E-state index >= 15 is 0 Å². The number of fused-ring (bicyclic) bond motifs is 1. The van der Waals surface area contributed by atoms with Crippen molar-refractivity contribution in [3.8, 4) is 5.75 Å². The van der Waals surface area contributed by atoms with Gasteiger partial charge in [0.1, 0.15) is 5.75 Å². The fraction of sp³-hybridized carbons (Fsp3) is 0.385. The Hall–Kier alpha value is -1.92. The van der Waals surface area contributed by atoms with E-state index in [-0.39, 0.29) is 23.6 Å². The number of amides is 2. The number of carbonyl (C=O) groups is 2. The van der Waals surface area contributed by atoms with Gasteiger partial charge < -0.3 is 5.11 Å². The zero-order valence-electron chi connectivity index (χ0n) is 10.6. The molecule has 0 aromatic heterocycles. The maximum absolute atomic E-state index is 11.9. The monoisotopic (exact) mass is 262 g/mol. The van der Waals surface area contributed by atoms with Crippen LogP contribution in [0.2, 0.25) is 0 Å². The van der Waals surface area contributed by atoms with Crippen LogP contribution < -0.4 is 5.32 Å². The van der Waals surface area contributed by atoms with Crippen LogP contribution >= 0.6 is 0 Å².